The number of carbonyl (C=O) groups is 1. The van der Waals surface area contributed by atoms with Crippen LogP contribution in [-0.2, 0) is 4.74 Å². The summed E-state index contributed by atoms with van der Waals surface area (Å²) in [5.74, 6) is 0. The number of allylic oxidation sites excluding steroid dienone is 2. The summed E-state index contributed by atoms with van der Waals surface area (Å²) >= 11 is 0. The second-order valence-electron chi connectivity index (χ2n) is 5.08. The van der Waals surface area contributed by atoms with Crippen molar-refractivity contribution in [3.63, 3.8) is 0 Å². The fourth-order valence-electron chi connectivity index (χ4n) is 1.95. The van der Waals surface area contributed by atoms with Crippen molar-refractivity contribution >= 4 is 12.2 Å². The third-order valence-corrected chi connectivity index (χ3v) is 2.77. The molecule has 0 aliphatic carbocycles. The van der Waals surface area contributed by atoms with Crippen molar-refractivity contribution in [3.05, 3.63) is 54.3 Å². The zero-order valence-corrected chi connectivity index (χ0v) is 12.6. The number of nitrogens with zero attached hydrogens (tertiary/aromatic N) is 1. The molecule has 1 amide bonds. The molecule has 0 bridgehead atoms. The maximum absolute atomic E-state index is 11.9. The number of rotatable bonds is 5. The van der Waals surface area contributed by atoms with Gasteiger partial charge >= 0.3 is 6.09 Å². The van der Waals surface area contributed by atoms with Crippen molar-refractivity contribution in [1.82, 2.24) is 4.90 Å². The van der Waals surface area contributed by atoms with E-state index < -0.39 is 0 Å². The molecule has 0 N–H and O–H groups in total. The summed E-state index contributed by atoms with van der Waals surface area (Å²) in [5, 5.41) is 0. The Kier molecular flexibility index (Phi) is 6.57. The van der Waals surface area contributed by atoms with Crippen molar-refractivity contribution in [2.75, 3.05) is 0 Å². The van der Waals surface area contributed by atoms with Crippen molar-refractivity contribution in [1.29, 1.82) is 0 Å². The van der Waals surface area contributed by atoms with E-state index in [0.717, 1.165) is 5.56 Å². The Morgan fingerprint density at radius 3 is 2.20 bits per heavy atom. The van der Waals surface area contributed by atoms with Crippen LogP contribution in [0.5, 0.6) is 0 Å². The van der Waals surface area contributed by atoms with E-state index in [1.54, 1.807) is 11.0 Å². The number of amides is 1. The SMILES string of the molecule is CC(C)N(C(=O)O/C=C/C=C\c1ccccc1)C(C)C. The Balaban J connectivity index is 2.48. The molecular formula is C17H23NO2. The van der Waals surface area contributed by atoms with E-state index in [1.807, 2.05) is 70.2 Å². The highest BCUT2D eigenvalue weighted by Gasteiger charge is 2.20. The second-order valence-corrected chi connectivity index (χ2v) is 5.08. The van der Waals surface area contributed by atoms with Gasteiger partial charge in [0.2, 0.25) is 0 Å². The van der Waals surface area contributed by atoms with Gasteiger partial charge in [0.25, 0.3) is 0 Å². The molecule has 108 valence electrons. The Hall–Kier alpha value is -2.03. The minimum Gasteiger partial charge on any atom is -0.418 e. The zero-order chi connectivity index (χ0) is 15.0. The van der Waals surface area contributed by atoms with Gasteiger partial charge in [-0.1, -0.05) is 42.5 Å². The van der Waals surface area contributed by atoms with Gasteiger partial charge in [-0.2, -0.15) is 0 Å². The van der Waals surface area contributed by atoms with Crippen molar-refractivity contribution < 1.29 is 9.53 Å². The topological polar surface area (TPSA) is 29.5 Å². The average Bonchev–Trinajstić information content (AvgIpc) is 2.38. The molecule has 0 fully saturated rings. The largest absolute Gasteiger partial charge is 0.418 e. The maximum Gasteiger partial charge on any atom is 0.415 e. The first-order valence-corrected chi connectivity index (χ1v) is 6.89. The van der Waals surface area contributed by atoms with Crippen LogP contribution in [0.15, 0.2) is 48.7 Å². The molecule has 0 saturated heterocycles. The first kappa shape index (κ1) is 16.0. The van der Waals surface area contributed by atoms with Crippen LogP contribution in [0.2, 0.25) is 0 Å². The van der Waals surface area contributed by atoms with Gasteiger partial charge in [-0.05, 0) is 39.3 Å². The minimum atomic E-state index is -0.320. The number of hydrogen-bond acceptors (Lipinski definition) is 2. The average molecular weight is 273 g/mol. The predicted molar refractivity (Wildman–Crippen MR) is 83.2 cm³/mol. The van der Waals surface area contributed by atoms with Gasteiger partial charge in [-0.25, -0.2) is 4.79 Å². The monoisotopic (exact) mass is 273 g/mol. The molecule has 0 aliphatic rings. The third kappa shape index (κ3) is 5.31. The quantitative estimate of drug-likeness (QED) is 0.585. The lowest BCUT2D eigenvalue weighted by atomic mass is 10.2. The normalized spacial score (nSPS) is 11.7. The molecule has 0 unspecified atom stereocenters. The highest BCUT2D eigenvalue weighted by Crippen LogP contribution is 2.07. The second kappa shape index (κ2) is 8.20. The van der Waals surface area contributed by atoms with E-state index >= 15 is 0 Å². The summed E-state index contributed by atoms with van der Waals surface area (Å²) in [6.07, 6.45) is 6.60. The minimum absolute atomic E-state index is 0.121. The lowest BCUT2D eigenvalue weighted by Gasteiger charge is -2.28. The first-order valence-electron chi connectivity index (χ1n) is 6.89. The van der Waals surface area contributed by atoms with Crippen LogP contribution in [0.3, 0.4) is 0 Å². The summed E-state index contributed by atoms with van der Waals surface area (Å²) in [6, 6.07) is 10.2. The molecule has 0 saturated carbocycles. The van der Waals surface area contributed by atoms with Crippen LogP contribution in [0, 0.1) is 0 Å². The standard InChI is InChI=1S/C17H23NO2/c1-14(2)18(15(3)4)17(19)20-13-9-8-12-16-10-6-5-7-11-16/h5-15H,1-4H3/b12-8-,13-9+. The van der Waals surface area contributed by atoms with E-state index in [9.17, 15) is 4.79 Å². The maximum atomic E-state index is 11.9. The summed E-state index contributed by atoms with van der Waals surface area (Å²) in [6.45, 7) is 7.89. The highest BCUT2D eigenvalue weighted by molar-refractivity contribution is 5.69. The zero-order valence-electron chi connectivity index (χ0n) is 12.6. The first-order chi connectivity index (χ1) is 9.52. The fourth-order valence-corrected chi connectivity index (χ4v) is 1.95. The molecule has 3 heteroatoms. The van der Waals surface area contributed by atoms with Gasteiger partial charge in [-0.15, -0.1) is 0 Å². The lowest BCUT2D eigenvalue weighted by molar-refractivity contribution is 0.109. The van der Waals surface area contributed by atoms with Crippen LogP contribution >= 0.6 is 0 Å². The molecule has 3 nitrogen and oxygen atoms in total. The fraction of sp³-hybridized carbons (Fsp3) is 0.353. The summed E-state index contributed by atoms with van der Waals surface area (Å²) in [7, 11) is 0. The van der Waals surface area contributed by atoms with Gasteiger partial charge in [0.15, 0.2) is 0 Å². The van der Waals surface area contributed by atoms with E-state index in [1.165, 1.54) is 6.26 Å². The Bertz CT molecular complexity index is 453. The smallest absolute Gasteiger partial charge is 0.415 e. The van der Waals surface area contributed by atoms with Crippen molar-refractivity contribution in [2.24, 2.45) is 0 Å². The van der Waals surface area contributed by atoms with Crippen molar-refractivity contribution in [3.8, 4) is 0 Å². The molecule has 0 heterocycles. The van der Waals surface area contributed by atoms with E-state index in [4.69, 9.17) is 4.74 Å². The summed E-state index contributed by atoms with van der Waals surface area (Å²) in [5.41, 5.74) is 1.11. The molecule has 0 spiro atoms. The number of benzene rings is 1. The number of carbonyl (C=O) groups excluding carboxylic acids is 1. The summed E-state index contributed by atoms with van der Waals surface area (Å²) < 4.78 is 5.12. The van der Waals surface area contributed by atoms with Gasteiger partial charge in [0, 0.05) is 12.1 Å². The predicted octanol–water partition coefficient (Wildman–Crippen LogP) is 4.47. The van der Waals surface area contributed by atoms with Gasteiger partial charge in [-0.3, -0.25) is 0 Å². The lowest BCUT2D eigenvalue weighted by Crippen LogP contribution is -2.41. The van der Waals surface area contributed by atoms with E-state index in [2.05, 4.69) is 0 Å². The molecule has 1 aromatic rings. The number of hydrogen-bond donors (Lipinski definition) is 0. The number of ether oxygens (including phenoxy) is 1. The molecular weight excluding hydrogens is 250 g/mol. The van der Waals surface area contributed by atoms with Gasteiger partial charge in [0.05, 0.1) is 6.26 Å². The Morgan fingerprint density at radius 2 is 1.65 bits per heavy atom. The molecule has 0 radical (unpaired) electrons. The molecule has 1 aromatic carbocycles. The molecule has 0 aliphatic heterocycles. The van der Waals surface area contributed by atoms with Crippen LogP contribution < -0.4 is 0 Å². The van der Waals surface area contributed by atoms with E-state index in [-0.39, 0.29) is 18.2 Å². The summed E-state index contributed by atoms with van der Waals surface area (Å²) in [4.78, 5) is 13.6. The van der Waals surface area contributed by atoms with Crippen LogP contribution in [0.25, 0.3) is 6.08 Å². The van der Waals surface area contributed by atoms with Crippen molar-refractivity contribution in [2.45, 2.75) is 39.8 Å². The van der Waals surface area contributed by atoms with Crippen LogP contribution in [0.4, 0.5) is 4.79 Å². The molecule has 20 heavy (non-hydrogen) atoms. The molecule has 1 rings (SSSR count). The van der Waals surface area contributed by atoms with Gasteiger partial charge < -0.3 is 9.64 Å². The van der Waals surface area contributed by atoms with Gasteiger partial charge in [0.1, 0.15) is 0 Å². The molecule has 0 atom stereocenters. The van der Waals surface area contributed by atoms with Crippen LogP contribution in [0.1, 0.15) is 33.3 Å². The third-order valence-electron chi connectivity index (χ3n) is 2.77. The molecule has 0 aromatic heterocycles. The van der Waals surface area contributed by atoms with Crippen LogP contribution in [-0.4, -0.2) is 23.1 Å². The Labute approximate surface area is 121 Å². The Morgan fingerprint density at radius 1 is 1.05 bits per heavy atom. The highest BCUT2D eigenvalue weighted by atomic mass is 16.5. The van der Waals surface area contributed by atoms with E-state index in [0.29, 0.717) is 0 Å².